The van der Waals surface area contributed by atoms with Crippen molar-refractivity contribution >= 4 is 28.2 Å². The van der Waals surface area contributed by atoms with Gasteiger partial charge in [0.05, 0.1) is 5.69 Å². The summed E-state index contributed by atoms with van der Waals surface area (Å²) in [4.78, 5) is 8.65. The number of nitrogens with two attached hydrogens (primary N) is 1. The normalized spacial score (nSPS) is 25.6. The predicted molar refractivity (Wildman–Crippen MR) is 87.4 cm³/mol. The van der Waals surface area contributed by atoms with Crippen LogP contribution in [0.4, 0.5) is 5.13 Å². The summed E-state index contributed by atoms with van der Waals surface area (Å²) in [6.07, 6.45) is 1.12. The molecule has 19 heavy (non-hydrogen) atoms. The van der Waals surface area contributed by atoms with Gasteiger partial charge in [-0.1, -0.05) is 20.8 Å². The Labute approximate surface area is 125 Å². The highest BCUT2D eigenvalue weighted by molar-refractivity contribution is 8.00. The minimum atomic E-state index is 0.510. The van der Waals surface area contributed by atoms with Crippen molar-refractivity contribution in [3.8, 4) is 0 Å². The second-order valence-electron chi connectivity index (χ2n) is 5.33. The van der Waals surface area contributed by atoms with E-state index in [-0.39, 0.29) is 0 Å². The standard InChI is InChI=1S/C14H25N3S2/c1-5-9(2)13-12(8-15)19-14(16-13)17-6-7-18-11(4)10(17)3/h9-11H,5-8,15H2,1-4H3. The van der Waals surface area contributed by atoms with E-state index in [1.54, 1.807) is 11.3 Å². The van der Waals surface area contributed by atoms with E-state index in [9.17, 15) is 0 Å². The highest BCUT2D eigenvalue weighted by Crippen LogP contribution is 2.35. The zero-order chi connectivity index (χ0) is 14.0. The van der Waals surface area contributed by atoms with Crippen molar-refractivity contribution in [2.24, 2.45) is 5.73 Å². The van der Waals surface area contributed by atoms with Gasteiger partial charge in [0.2, 0.25) is 0 Å². The van der Waals surface area contributed by atoms with Gasteiger partial charge in [-0.05, 0) is 19.3 Å². The summed E-state index contributed by atoms with van der Waals surface area (Å²) < 4.78 is 0. The molecule has 0 spiro atoms. The molecule has 3 atom stereocenters. The van der Waals surface area contributed by atoms with Crippen LogP contribution in [-0.4, -0.2) is 28.6 Å². The van der Waals surface area contributed by atoms with Crippen molar-refractivity contribution in [1.29, 1.82) is 0 Å². The maximum atomic E-state index is 5.90. The second-order valence-corrected chi connectivity index (χ2v) is 7.88. The summed E-state index contributed by atoms with van der Waals surface area (Å²) in [6, 6.07) is 0.556. The fraction of sp³-hybridized carbons (Fsp3) is 0.786. The number of thiazole rings is 1. The molecule has 1 fully saturated rings. The van der Waals surface area contributed by atoms with Gasteiger partial charge in [0.25, 0.3) is 0 Å². The molecule has 108 valence electrons. The number of hydrogen-bond acceptors (Lipinski definition) is 5. The quantitative estimate of drug-likeness (QED) is 0.924. The van der Waals surface area contributed by atoms with Gasteiger partial charge < -0.3 is 10.6 Å². The van der Waals surface area contributed by atoms with Crippen molar-refractivity contribution in [1.82, 2.24) is 4.98 Å². The Balaban J connectivity index is 2.27. The van der Waals surface area contributed by atoms with E-state index < -0.39 is 0 Å². The number of hydrogen-bond donors (Lipinski definition) is 1. The maximum absolute atomic E-state index is 5.90. The fourth-order valence-electron chi connectivity index (χ4n) is 2.40. The highest BCUT2D eigenvalue weighted by atomic mass is 32.2. The Morgan fingerprint density at radius 2 is 2.21 bits per heavy atom. The molecule has 1 aliphatic rings. The summed E-state index contributed by atoms with van der Waals surface area (Å²) in [6.45, 7) is 10.8. The van der Waals surface area contributed by atoms with Gasteiger partial charge in [-0.3, -0.25) is 0 Å². The van der Waals surface area contributed by atoms with Crippen LogP contribution >= 0.6 is 23.1 Å². The molecule has 3 nitrogen and oxygen atoms in total. The predicted octanol–water partition coefficient (Wildman–Crippen LogP) is 3.45. The SMILES string of the molecule is CCC(C)c1nc(N2CCSC(C)C2C)sc1CN. The molecular formula is C14H25N3S2. The largest absolute Gasteiger partial charge is 0.343 e. The van der Waals surface area contributed by atoms with Crippen molar-refractivity contribution in [2.75, 3.05) is 17.2 Å². The molecule has 0 saturated carbocycles. The molecule has 2 N–H and O–H groups in total. The maximum Gasteiger partial charge on any atom is 0.186 e. The summed E-state index contributed by atoms with van der Waals surface area (Å²) >= 11 is 3.86. The third-order valence-corrected chi connectivity index (χ3v) is 6.58. The van der Waals surface area contributed by atoms with Gasteiger partial charge in [0, 0.05) is 35.0 Å². The molecule has 1 aliphatic heterocycles. The van der Waals surface area contributed by atoms with Crippen LogP contribution in [0.25, 0.3) is 0 Å². The third-order valence-electron chi connectivity index (χ3n) is 4.11. The smallest absolute Gasteiger partial charge is 0.186 e. The molecule has 0 aliphatic carbocycles. The Kier molecular flexibility index (Phi) is 5.15. The lowest BCUT2D eigenvalue weighted by molar-refractivity contribution is 0.622. The number of anilines is 1. The van der Waals surface area contributed by atoms with Crippen LogP contribution in [0.2, 0.25) is 0 Å². The van der Waals surface area contributed by atoms with Crippen molar-refractivity contribution < 1.29 is 0 Å². The molecular weight excluding hydrogens is 274 g/mol. The van der Waals surface area contributed by atoms with Gasteiger partial charge in [0.1, 0.15) is 0 Å². The van der Waals surface area contributed by atoms with Crippen LogP contribution in [0.3, 0.4) is 0 Å². The summed E-state index contributed by atoms with van der Waals surface area (Å²) in [5.74, 6) is 1.71. The first-order valence-electron chi connectivity index (χ1n) is 7.16. The molecule has 5 heteroatoms. The molecule has 1 aromatic heterocycles. The van der Waals surface area contributed by atoms with E-state index in [4.69, 9.17) is 10.7 Å². The van der Waals surface area contributed by atoms with Crippen molar-refractivity contribution in [3.05, 3.63) is 10.6 Å². The van der Waals surface area contributed by atoms with E-state index in [0.29, 0.717) is 23.8 Å². The molecule has 0 aromatic carbocycles. The lowest BCUT2D eigenvalue weighted by Gasteiger charge is -2.37. The molecule has 2 rings (SSSR count). The van der Waals surface area contributed by atoms with E-state index in [2.05, 4.69) is 44.4 Å². The van der Waals surface area contributed by atoms with Crippen molar-refractivity contribution in [3.63, 3.8) is 0 Å². The van der Waals surface area contributed by atoms with Crippen LogP contribution < -0.4 is 10.6 Å². The first kappa shape index (κ1) is 15.1. The summed E-state index contributed by atoms with van der Waals surface area (Å²) in [5.41, 5.74) is 7.12. The fourth-order valence-corrected chi connectivity index (χ4v) is 4.67. The first-order chi connectivity index (χ1) is 9.08. The summed E-state index contributed by atoms with van der Waals surface area (Å²) in [5, 5.41) is 1.85. The zero-order valence-corrected chi connectivity index (χ0v) is 14.0. The number of thioether (sulfide) groups is 1. The van der Waals surface area contributed by atoms with Gasteiger partial charge >= 0.3 is 0 Å². The number of rotatable bonds is 4. The van der Waals surface area contributed by atoms with Gasteiger partial charge in [0.15, 0.2) is 5.13 Å². The first-order valence-corrected chi connectivity index (χ1v) is 9.02. The highest BCUT2D eigenvalue weighted by Gasteiger charge is 2.28. The zero-order valence-electron chi connectivity index (χ0n) is 12.3. The van der Waals surface area contributed by atoms with Gasteiger partial charge in [-0.2, -0.15) is 11.8 Å². The monoisotopic (exact) mass is 299 g/mol. The molecule has 0 bridgehead atoms. The number of aromatic nitrogens is 1. The minimum Gasteiger partial charge on any atom is -0.343 e. The van der Waals surface area contributed by atoms with Crippen LogP contribution in [-0.2, 0) is 6.54 Å². The molecule has 1 saturated heterocycles. The van der Waals surface area contributed by atoms with Crippen LogP contribution in [0.1, 0.15) is 50.6 Å². The number of nitrogens with zero attached hydrogens (tertiary/aromatic N) is 2. The lowest BCUT2D eigenvalue weighted by Crippen LogP contribution is -2.44. The van der Waals surface area contributed by atoms with Gasteiger partial charge in [-0.25, -0.2) is 4.98 Å². The Morgan fingerprint density at radius 3 is 2.84 bits per heavy atom. The average molecular weight is 300 g/mol. The Hall–Kier alpha value is -0.260. The molecule has 0 amide bonds. The minimum absolute atomic E-state index is 0.510. The van der Waals surface area contributed by atoms with E-state index >= 15 is 0 Å². The van der Waals surface area contributed by atoms with E-state index in [1.807, 2.05) is 0 Å². The Bertz CT molecular complexity index is 419. The molecule has 2 heterocycles. The van der Waals surface area contributed by atoms with Crippen LogP contribution in [0.15, 0.2) is 0 Å². The molecule has 0 radical (unpaired) electrons. The van der Waals surface area contributed by atoms with Crippen LogP contribution in [0, 0.1) is 0 Å². The van der Waals surface area contributed by atoms with Crippen LogP contribution in [0.5, 0.6) is 0 Å². The summed E-state index contributed by atoms with van der Waals surface area (Å²) in [7, 11) is 0. The Morgan fingerprint density at radius 1 is 1.47 bits per heavy atom. The molecule has 1 aromatic rings. The van der Waals surface area contributed by atoms with E-state index in [1.165, 1.54) is 21.5 Å². The van der Waals surface area contributed by atoms with Gasteiger partial charge in [-0.15, -0.1) is 11.3 Å². The lowest BCUT2D eigenvalue weighted by atomic mass is 10.0. The van der Waals surface area contributed by atoms with Crippen molar-refractivity contribution in [2.45, 2.75) is 57.9 Å². The average Bonchev–Trinajstić information content (AvgIpc) is 2.85. The van der Waals surface area contributed by atoms with E-state index in [0.717, 1.165) is 13.0 Å². The second kappa shape index (κ2) is 6.46. The molecule has 3 unspecified atom stereocenters. The topological polar surface area (TPSA) is 42.2 Å². The third kappa shape index (κ3) is 3.09.